The van der Waals surface area contributed by atoms with Gasteiger partial charge in [-0.05, 0) is 19.6 Å². The molecule has 1 atom stereocenters. The number of nitrogens with one attached hydrogen (secondary N) is 1. The van der Waals surface area contributed by atoms with Crippen molar-refractivity contribution in [3.63, 3.8) is 0 Å². The first-order valence-electron chi connectivity index (χ1n) is 4.15. The van der Waals surface area contributed by atoms with Gasteiger partial charge in [0.15, 0.2) is 0 Å². The molecule has 0 radical (unpaired) electrons. The highest BCUT2D eigenvalue weighted by atomic mass is 16.5. The molecular weight excluding hydrogens is 140 g/mol. The van der Waals surface area contributed by atoms with E-state index in [1.165, 1.54) is 6.21 Å². The molecule has 0 aromatic rings. The molecule has 1 aliphatic rings. The Balaban J connectivity index is 2.26. The van der Waals surface area contributed by atoms with Gasteiger partial charge >= 0.3 is 0 Å². The monoisotopic (exact) mass is 156 g/mol. The minimum absolute atomic E-state index is 0.511. The second kappa shape index (κ2) is 4.46. The Kier molecular flexibility index (Phi) is 3.52. The highest BCUT2D eigenvalue weighted by molar-refractivity contribution is 5.53. The van der Waals surface area contributed by atoms with Gasteiger partial charge < -0.3 is 10.1 Å². The molecule has 1 heterocycles. The molecule has 3 heteroatoms. The predicted octanol–water partition coefficient (Wildman–Crippen LogP) is 0.747. The first kappa shape index (κ1) is 8.68. The first-order chi connectivity index (χ1) is 5.34. The van der Waals surface area contributed by atoms with Gasteiger partial charge in [0.2, 0.25) is 0 Å². The fourth-order valence-electron chi connectivity index (χ4n) is 1.34. The average Bonchev–Trinajstić information content (AvgIpc) is 2.07. The van der Waals surface area contributed by atoms with Crippen molar-refractivity contribution in [2.24, 2.45) is 0 Å². The van der Waals surface area contributed by atoms with Crippen LogP contribution >= 0.6 is 0 Å². The summed E-state index contributed by atoms with van der Waals surface area (Å²) in [5, 5.41) is 6.97. The van der Waals surface area contributed by atoms with Crippen molar-refractivity contribution in [2.75, 3.05) is 26.3 Å². The lowest BCUT2D eigenvalue weighted by Crippen LogP contribution is -2.42. The van der Waals surface area contributed by atoms with Crippen LogP contribution < -0.4 is 0 Å². The van der Waals surface area contributed by atoms with Crippen molar-refractivity contribution in [1.82, 2.24) is 4.90 Å². The van der Waals surface area contributed by atoms with Crippen LogP contribution in [0.25, 0.3) is 0 Å². The summed E-state index contributed by atoms with van der Waals surface area (Å²) in [7, 11) is 0. The van der Waals surface area contributed by atoms with E-state index in [1.807, 2.05) is 0 Å². The van der Waals surface area contributed by atoms with Crippen molar-refractivity contribution in [1.29, 1.82) is 5.41 Å². The smallest absolute Gasteiger partial charge is 0.0594 e. The van der Waals surface area contributed by atoms with E-state index in [-0.39, 0.29) is 0 Å². The molecule has 0 aromatic heterocycles. The van der Waals surface area contributed by atoms with E-state index in [0.717, 1.165) is 32.7 Å². The van der Waals surface area contributed by atoms with Crippen LogP contribution in [0.3, 0.4) is 0 Å². The zero-order valence-electron chi connectivity index (χ0n) is 7.05. The van der Waals surface area contributed by atoms with Gasteiger partial charge in [-0.2, -0.15) is 0 Å². The summed E-state index contributed by atoms with van der Waals surface area (Å²) >= 11 is 0. The van der Waals surface area contributed by atoms with Crippen LogP contribution in [0.2, 0.25) is 0 Å². The summed E-state index contributed by atoms with van der Waals surface area (Å²) < 4.78 is 5.23. The lowest BCUT2D eigenvalue weighted by Gasteiger charge is -2.31. The fraction of sp³-hybridized carbons (Fsp3) is 0.875. The Bertz CT molecular complexity index is 121. The molecular formula is C8H16N2O. The van der Waals surface area contributed by atoms with Gasteiger partial charge in [-0.1, -0.05) is 0 Å². The molecule has 1 fully saturated rings. The third-order valence-electron chi connectivity index (χ3n) is 2.13. The Labute approximate surface area is 67.8 Å². The molecule has 0 saturated carbocycles. The maximum atomic E-state index is 6.97. The molecule has 1 aliphatic heterocycles. The quantitative estimate of drug-likeness (QED) is 0.612. The molecule has 0 aliphatic carbocycles. The largest absolute Gasteiger partial charge is 0.379 e. The Hall–Kier alpha value is -0.410. The van der Waals surface area contributed by atoms with E-state index in [1.54, 1.807) is 0 Å². The van der Waals surface area contributed by atoms with Gasteiger partial charge in [-0.15, -0.1) is 0 Å². The lowest BCUT2D eigenvalue weighted by molar-refractivity contribution is 0.0218. The molecule has 1 unspecified atom stereocenters. The van der Waals surface area contributed by atoms with Crippen LogP contribution in [0.1, 0.15) is 13.3 Å². The van der Waals surface area contributed by atoms with Crippen LogP contribution in [0.4, 0.5) is 0 Å². The SMILES string of the molecule is CC(CC=N)N1CCOCC1. The minimum Gasteiger partial charge on any atom is -0.379 e. The topological polar surface area (TPSA) is 36.3 Å². The Morgan fingerprint density at radius 3 is 2.73 bits per heavy atom. The molecule has 64 valence electrons. The summed E-state index contributed by atoms with van der Waals surface area (Å²) in [6, 6.07) is 0.511. The standard InChI is InChI=1S/C8H16N2O/c1-8(2-3-9)10-4-6-11-7-5-10/h3,8-9H,2,4-7H2,1H3. The first-order valence-corrected chi connectivity index (χ1v) is 4.15. The molecule has 0 amide bonds. The second-order valence-corrected chi connectivity index (χ2v) is 2.94. The lowest BCUT2D eigenvalue weighted by atomic mass is 10.2. The molecule has 1 rings (SSSR count). The summed E-state index contributed by atoms with van der Waals surface area (Å²) in [5.74, 6) is 0. The summed E-state index contributed by atoms with van der Waals surface area (Å²) in [6.07, 6.45) is 2.35. The Morgan fingerprint density at radius 1 is 1.55 bits per heavy atom. The summed E-state index contributed by atoms with van der Waals surface area (Å²) in [5.41, 5.74) is 0. The van der Waals surface area contributed by atoms with Gasteiger partial charge in [0, 0.05) is 19.1 Å². The van der Waals surface area contributed by atoms with Crippen LogP contribution in [-0.2, 0) is 4.74 Å². The van der Waals surface area contributed by atoms with Gasteiger partial charge in [-0.3, -0.25) is 4.90 Å². The van der Waals surface area contributed by atoms with E-state index in [9.17, 15) is 0 Å². The Morgan fingerprint density at radius 2 is 2.18 bits per heavy atom. The zero-order chi connectivity index (χ0) is 8.10. The minimum atomic E-state index is 0.511. The zero-order valence-corrected chi connectivity index (χ0v) is 7.05. The number of nitrogens with zero attached hydrogens (tertiary/aromatic N) is 1. The average molecular weight is 156 g/mol. The van der Waals surface area contributed by atoms with Crippen molar-refractivity contribution in [3.05, 3.63) is 0 Å². The molecule has 11 heavy (non-hydrogen) atoms. The van der Waals surface area contributed by atoms with Crippen molar-refractivity contribution >= 4 is 6.21 Å². The summed E-state index contributed by atoms with van der Waals surface area (Å²) in [6.45, 7) is 5.91. The van der Waals surface area contributed by atoms with Gasteiger partial charge in [0.05, 0.1) is 13.2 Å². The van der Waals surface area contributed by atoms with Crippen LogP contribution in [0.15, 0.2) is 0 Å². The van der Waals surface area contributed by atoms with Gasteiger partial charge in [0.1, 0.15) is 0 Å². The predicted molar refractivity (Wildman–Crippen MR) is 45.3 cm³/mol. The maximum absolute atomic E-state index is 6.97. The van der Waals surface area contributed by atoms with Crippen LogP contribution in [0.5, 0.6) is 0 Å². The fourth-order valence-corrected chi connectivity index (χ4v) is 1.34. The molecule has 3 nitrogen and oxygen atoms in total. The van der Waals surface area contributed by atoms with Crippen molar-refractivity contribution in [3.8, 4) is 0 Å². The van der Waals surface area contributed by atoms with Gasteiger partial charge in [-0.25, -0.2) is 0 Å². The van der Waals surface area contributed by atoms with Crippen LogP contribution in [0, 0.1) is 5.41 Å². The molecule has 1 N–H and O–H groups in total. The van der Waals surface area contributed by atoms with Gasteiger partial charge in [0.25, 0.3) is 0 Å². The van der Waals surface area contributed by atoms with E-state index < -0.39 is 0 Å². The molecule has 1 saturated heterocycles. The normalized spacial score (nSPS) is 23.0. The second-order valence-electron chi connectivity index (χ2n) is 2.94. The number of morpholine rings is 1. The van der Waals surface area contributed by atoms with Crippen LogP contribution in [-0.4, -0.2) is 43.5 Å². The third kappa shape index (κ3) is 2.60. The highest BCUT2D eigenvalue weighted by Crippen LogP contribution is 2.04. The molecule has 0 bridgehead atoms. The number of ether oxygens (including phenoxy) is 1. The van der Waals surface area contributed by atoms with E-state index in [4.69, 9.17) is 10.1 Å². The number of hydrogen-bond acceptors (Lipinski definition) is 3. The number of rotatable bonds is 3. The van der Waals surface area contributed by atoms with E-state index in [2.05, 4.69) is 11.8 Å². The molecule has 0 aromatic carbocycles. The highest BCUT2D eigenvalue weighted by Gasteiger charge is 2.15. The maximum Gasteiger partial charge on any atom is 0.0594 e. The molecule has 0 spiro atoms. The van der Waals surface area contributed by atoms with E-state index >= 15 is 0 Å². The van der Waals surface area contributed by atoms with Crippen molar-refractivity contribution in [2.45, 2.75) is 19.4 Å². The third-order valence-corrected chi connectivity index (χ3v) is 2.13. The summed E-state index contributed by atoms with van der Waals surface area (Å²) in [4.78, 5) is 2.37. The van der Waals surface area contributed by atoms with Crippen molar-refractivity contribution < 1.29 is 4.74 Å². The number of hydrogen-bond donors (Lipinski definition) is 1. The van der Waals surface area contributed by atoms with E-state index in [0.29, 0.717) is 6.04 Å².